The van der Waals surface area contributed by atoms with Crippen LogP contribution in [0, 0.1) is 17.8 Å². The third-order valence-corrected chi connectivity index (χ3v) is 8.82. The second kappa shape index (κ2) is 10.8. The summed E-state index contributed by atoms with van der Waals surface area (Å²) in [7, 11) is 5.57. The van der Waals surface area contributed by atoms with Crippen molar-refractivity contribution in [2.75, 3.05) is 34.2 Å². The molecule has 9 heteroatoms. The summed E-state index contributed by atoms with van der Waals surface area (Å²) in [6, 6.07) is 10.9. The van der Waals surface area contributed by atoms with E-state index >= 15 is 0 Å². The van der Waals surface area contributed by atoms with Crippen molar-refractivity contribution in [3.8, 4) is 16.9 Å². The molecule has 41 heavy (non-hydrogen) atoms. The van der Waals surface area contributed by atoms with E-state index in [-0.39, 0.29) is 57.2 Å². The quantitative estimate of drug-likeness (QED) is 0.348. The molecule has 2 aromatic rings. The normalized spacial score (nSPS) is 24.0. The molecule has 4 unspecified atom stereocenters. The number of aliphatic hydroxyl groups is 2. The molecule has 9 nitrogen and oxygen atoms in total. The number of aromatic hydroxyl groups is 1. The number of phenols is 1. The van der Waals surface area contributed by atoms with Crippen LogP contribution in [-0.4, -0.2) is 77.1 Å². The Balaban J connectivity index is 1.61. The molecule has 3 aliphatic rings. The van der Waals surface area contributed by atoms with Crippen LogP contribution in [0.2, 0.25) is 0 Å². The molecule has 1 saturated carbocycles. The number of primary amides is 1. The summed E-state index contributed by atoms with van der Waals surface area (Å²) in [4.78, 5) is 30.3. The number of nitrogens with two attached hydrogens (primary N) is 2. The maximum absolute atomic E-state index is 14.1. The standard InChI is InChI=1S/C32H38N4O5/c1-16-24-22(28(35(2)3)31(40)25(16)32(34)41)14-19-13-21-20(8-9-23(37)27(21)30(39)26(19)29(24)38)18-7-5-6-17(12-18)15-36(4)11-10-33/h5-9,12,19,22,24,28,37,39-40H,1,10-11,13-15,33H2,2-4H3,(H2,34,41). The molecule has 0 aliphatic heterocycles. The van der Waals surface area contributed by atoms with Crippen molar-refractivity contribution in [3.63, 3.8) is 0 Å². The lowest BCUT2D eigenvalue weighted by Crippen LogP contribution is -2.52. The number of carbonyl (C=O) groups excluding carboxylic acids is 2. The average Bonchev–Trinajstić information content (AvgIpc) is 2.88. The third-order valence-electron chi connectivity index (χ3n) is 8.82. The summed E-state index contributed by atoms with van der Waals surface area (Å²) in [5.74, 6) is -3.29. The summed E-state index contributed by atoms with van der Waals surface area (Å²) in [5.41, 5.74) is 15.5. The minimum Gasteiger partial charge on any atom is -0.510 e. The van der Waals surface area contributed by atoms with Gasteiger partial charge in [0, 0.05) is 25.2 Å². The van der Waals surface area contributed by atoms with Crippen LogP contribution in [0.3, 0.4) is 0 Å². The SMILES string of the molecule is C=C1C(C(N)=O)=C(O)C(N(C)C)C2CC3Cc4c(-c5cccc(CN(C)CCN)c5)ccc(O)c4C(O)=C3C(=O)C12. The van der Waals surface area contributed by atoms with E-state index in [1.807, 2.05) is 25.2 Å². The van der Waals surface area contributed by atoms with Crippen molar-refractivity contribution < 1.29 is 24.9 Å². The fourth-order valence-electron chi connectivity index (χ4n) is 7.16. The van der Waals surface area contributed by atoms with Gasteiger partial charge >= 0.3 is 0 Å². The monoisotopic (exact) mass is 558 g/mol. The number of fused-ring (bicyclic) bond motifs is 3. The lowest BCUT2D eigenvalue weighted by atomic mass is 9.58. The summed E-state index contributed by atoms with van der Waals surface area (Å²) < 4.78 is 0. The van der Waals surface area contributed by atoms with E-state index < -0.39 is 17.9 Å². The van der Waals surface area contributed by atoms with Gasteiger partial charge in [0.15, 0.2) is 5.78 Å². The topological polar surface area (TPSA) is 153 Å². The van der Waals surface area contributed by atoms with Crippen LogP contribution in [0.5, 0.6) is 5.75 Å². The fourth-order valence-corrected chi connectivity index (χ4v) is 7.16. The predicted octanol–water partition coefficient (Wildman–Crippen LogP) is 2.89. The van der Waals surface area contributed by atoms with Gasteiger partial charge in [0.2, 0.25) is 0 Å². The molecule has 0 aromatic heterocycles. The zero-order valence-electron chi connectivity index (χ0n) is 23.7. The highest BCUT2D eigenvalue weighted by molar-refractivity contribution is 6.10. The van der Waals surface area contributed by atoms with Crippen LogP contribution >= 0.6 is 0 Å². The van der Waals surface area contributed by atoms with Gasteiger partial charge in [-0.3, -0.25) is 14.5 Å². The Morgan fingerprint density at radius 2 is 1.85 bits per heavy atom. The summed E-state index contributed by atoms with van der Waals surface area (Å²) in [5, 5.41) is 33.6. The lowest BCUT2D eigenvalue weighted by Gasteiger charge is -2.47. The Kier molecular flexibility index (Phi) is 7.54. The van der Waals surface area contributed by atoms with Gasteiger partial charge in [0.25, 0.3) is 5.91 Å². The highest BCUT2D eigenvalue weighted by Gasteiger charge is 2.53. The summed E-state index contributed by atoms with van der Waals surface area (Å²) in [6.45, 7) is 6.05. The van der Waals surface area contributed by atoms with E-state index in [0.717, 1.165) is 35.3 Å². The van der Waals surface area contributed by atoms with Crippen LogP contribution < -0.4 is 11.5 Å². The maximum atomic E-state index is 14.1. The number of amides is 1. The van der Waals surface area contributed by atoms with E-state index in [1.165, 1.54) is 0 Å². The number of phenolic OH excluding ortho intramolecular Hbond substituents is 1. The molecule has 0 spiro atoms. The molecular weight excluding hydrogens is 520 g/mol. The molecule has 4 atom stereocenters. The molecule has 3 aliphatic carbocycles. The van der Waals surface area contributed by atoms with Gasteiger partial charge in [-0.1, -0.05) is 30.8 Å². The van der Waals surface area contributed by atoms with Crippen LogP contribution in [0.1, 0.15) is 23.1 Å². The number of carbonyl (C=O) groups is 2. The Bertz CT molecular complexity index is 1510. The smallest absolute Gasteiger partial charge is 0.252 e. The highest BCUT2D eigenvalue weighted by atomic mass is 16.3. The number of nitrogens with zero attached hydrogens (tertiary/aromatic N) is 2. The van der Waals surface area contributed by atoms with E-state index in [1.54, 1.807) is 25.1 Å². The van der Waals surface area contributed by atoms with Crippen molar-refractivity contribution in [2.45, 2.75) is 25.4 Å². The number of rotatable bonds is 7. The molecule has 216 valence electrons. The summed E-state index contributed by atoms with van der Waals surface area (Å²) in [6.07, 6.45) is 0.886. The van der Waals surface area contributed by atoms with Crippen molar-refractivity contribution in [1.82, 2.24) is 9.80 Å². The molecule has 1 fully saturated rings. The molecule has 5 rings (SSSR count). The van der Waals surface area contributed by atoms with E-state index in [2.05, 4.69) is 23.6 Å². The number of allylic oxidation sites excluding steroid dienone is 1. The third kappa shape index (κ3) is 4.73. The van der Waals surface area contributed by atoms with Gasteiger partial charge in [0.1, 0.15) is 17.3 Å². The number of benzene rings is 2. The number of aliphatic hydroxyl groups excluding tert-OH is 2. The minimum absolute atomic E-state index is 0.107. The number of hydrogen-bond donors (Lipinski definition) is 5. The van der Waals surface area contributed by atoms with Gasteiger partial charge in [-0.2, -0.15) is 0 Å². The van der Waals surface area contributed by atoms with Gasteiger partial charge in [-0.05, 0) is 85.8 Å². The Morgan fingerprint density at radius 3 is 2.51 bits per heavy atom. The van der Waals surface area contributed by atoms with Gasteiger partial charge < -0.3 is 31.7 Å². The van der Waals surface area contributed by atoms with Gasteiger partial charge in [-0.15, -0.1) is 0 Å². The summed E-state index contributed by atoms with van der Waals surface area (Å²) >= 11 is 0. The average molecular weight is 559 g/mol. The first kappa shape index (κ1) is 28.6. The number of Topliss-reactive ketones (excluding diaryl/α,β-unsaturated/α-hetero) is 1. The molecule has 0 saturated heterocycles. The van der Waals surface area contributed by atoms with Crippen LogP contribution in [0.15, 0.2) is 65.5 Å². The minimum atomic E-state index is -0.848. The largest absolute Gasteiger partial charge is 0.510 e. The Labute approximate surface area is 240 Å². The van der Waals surface area contributed by atoms with Crippen molar-refractivity contribution in [2.24, 2.45) is 29.2 Å². The first-order valence-electron chi connectivity index (χ1n) is 13.8. The van der Waals surface area contributed by atoms with Crippen LogP contribution in [0.4, 0.5) is 0 Å². The maximum Gasteiger partial charge on any atom is 0.252 e. The Hall–Kier alpha value is -3.92. The number of hydrogen-bond acceptors (Lipinski definition) is 8. The second-order valence-electron chi connectivity index (χ2n) is 11.7. The van der Waals surface area contributed by atoms with Crippen molar-refractivity contribution >= 4 is 17.4 Å². The molecule has 7 N–H and O–H groups in total. The predicted molar refractivity (Wildman–Crippen MR) is 158 cm³/mol. The van der Waals surface area contributed by atoms with Crippen molar-refractivity contribution in [1.29, 1.82) is 0 Å². The van der Waals surface area contributed by atoms with Crippen LogP contribution in [0.25, 0.3) is 16.9 Å². The molecule has 0 bridgehead atoms. The number of likely N-dealkylation sites (N-methyl/N-ethyl adjacent to an activating group) is 2. The zero-order valence-corrected chi connectivity index (χ0v) is 23.7. The highest BCUT2D eigenvalue weighted by Crippen LogP contribution is 2.53. The second-order valence-corrected chi connectivity index (χ2v) is 11.7. The van der Waals surface area contributed by atoms with E-state index in [4.69, 9.17) is 11.5 Å². The molecular formula is C32H38N4O5. The fraction of sp³-hybridized carbons (Fsp3) is 0.375. The number of ketones is 1. The molecule has 0 heterocycles. The van der Waals surface area contributed by atoms with Gasteiger partial charge in [-0.25, -0.2) is 0 Å². The zero-order chi connectivity index (χ0) is 29.7. The van der Waals surface area contributed by atoms with E-state index in [9.17, 15) is 24.9 Å². The first-order valence-corrected chi connectivity index (χ1v) is 13.8. The lowest BCUT2D eigenvalue weighted by molar-refractivity contribution is -0.123. The van der Waals surface area contributed by atoms with Crippen molar-refractivity contribution in [3.05, 3.63) is 82.1 Å². The molecule has 2 aromatic carbocycles. The molecule has 0 radical (unpaired) electrons. The molecule has 1 amide bonds. The van der Waals surface area contributed by atoms with Gasteiger partial charge in [0.05, 0.1) is 23.1 Å². The van der Waals surface area contributed by atoms with E-state index in [0.29, 0.717) is 19.4 Å². The van der Waals surface area contributed by atoms with Crippen LogP contribution in [-0.2, 0) is 22.6 Å². The first-order chi connectivity index (χ1) is 19.5. The Morgan fingerprint density at radius 1 is 1.12 bits per heavy atom.